The van der Waals surface area contributed by atoms with Crippen molar-refractivity contribution in [3.05, 3.63) is 23.9 Å². The summed E-state index contributed by atoms with van der Waals surface area (Å²) in [6, 6.07) is 3.28. The van der Waals surface area contributed by atoms with Crippen molar-refractivity contribution in [3.8, 4) is 5.88 Å². The number of nitrogens with zero attached hydrogens (tertiary/aromatic N) is 4. The zero-order valence-corrected chi connectivity index (χ0v) is 17.5. The number of pyridine rings is 1. The molecule has 2 saturated heterocycles. The van der Waals surface area contributed by atoms with Crippen LogP contribution in [0.15, 0.2) is 23.3 Å². The molecular formula is C20H28F3N5O3. The van der Waals surface area contributed by atoms with E-state index in [1.165, 1.54) is 6.20 Å². The molecule has 0 aliphatic carbocycles. The first-order valence-electron chi connectivity index (χ1n) is 10.4. The summed E-state index contributed by atoms with van der Waals surface area (Å²) in [5.74, 6) is 0.602. The molecule has 8 nitrogen and oxygen atoms in total. The number of aliphatic imine (C=N–C) groups is 1. The van der Waals surface area contributed by atoms with Gasteiger partial charge in [-0.25, -0.2) is 9.98 Å². The fraction of sp³-hybridized carbons (Fsp3) is 0.650. The molecule has 0 bridgehead atoms. The zero-order chi connectivity index (χ0) is 22.3. The summed E-state index contributed by atoms with van der Waals surface area (Å²) in [6.45, 7) is 4.28. The Hall–Kier alpha value is -2.56. The molecule has 0 aromatic carbocycles. The minimum absolute atomic E-state index is 0.0425. The normalized spacial score (nSPS) is 20.1. The van der Waals surface area contributed by atoms with Gasteiger partial charge in [0, 0.05) is 51.1 Å². The molecule has 1 N–H and O–H groups in total. The van der Waals surface area contributed by atoms with Gasteiger partial charge in [-0.3, -0.25) is 4.79 Å². The van der Waals surface area contributed by atoms with Crippen LogP contribution in [0.4, 0.5) is 13.2 Å². The number of aromatic nitrogens is 1. The van der Waals surface area contributed by atoms with Gasteiger partial charge >= 0.3 is 6.18 Å². The number of ether oxygens (including phenoxy) is 2. The van der Waals surface area contributed by atoms with Crippen LogP contribution in [0.1, 0.15) is 25.3 Å². The van der Waals surface area contributed by atoms with Gasteiger partial charge in [-0.1, -0.05) is 6.07 Å². The van der Waals surface area contributed by atoms with E-state index in [9.17, 15) is 18.0 Å². The quantitative estimate of drug-likeness (QED) is 0.534. The summed E-state index contributed by atoms with van der Waals surface area (Å²) < 4.78 is 47.8. The number of carbonyl (C=O) groups excluding carboxylic acids is 1. The molecule has 2 aliphatic rings. The minimum Gasteiger partial charge on any atom is -0.468 e. The van der Waals surface area contributed by atoms with Crippen LogP contribution >= 0.6 is 0 Å². The van der Waals surface area contributed by atoms with Crippen LogP contribution in [-0.4, -0.2) is 84.9 Å². The summed E-state index contributed by atoms with van der Waals surface area (Å²) in [4.78, 5) is 24.8. The zero-order valence-electron chi connectivity index (χ0n) is 17.5. The fourth-order valence-corrected chi connectivity index (χ4v) is 3.53. The molecule has 0 spiro atoms. The highest BCUT2D eigenvalue weighted by atomic mass is 19.4. The van der Waals surface area contributed by atoms with Gasteiger partial charge in [-0.15, -0.1) is 0 Å². The Bertz CT molecular complexity index is 761. The average molecular weight is 443 g/mol. The van der Waals surface area contributed by atoms with Gasteiger partial charge in [0.2, 0.25) is 5.88 Å². The van der Waals surface area contributed by atoms with E-state index in [2.05, 4.69) is 15.3 Å². The van der Waals surface area contributed by atoms with Crippen LogP contribution in [0.5, 0.6) is 5.88 Å². The third-order valence-electron chi connectivity index (χ3n) is 5.05. The highest BCUT2D eigenvalue weighted by Gasteiger charge is 2.31. The van der Waals surface area contributed by atoms with Crippen molar-refractivity contribution in [1.29, 1.82) is 0 Å². The van der Waals surface area contributed by atoms with Crippen LogP contribution in [0.25, 0.3) is 0 Å². The summed E-state index contributed by atoms with van der Waals surface area (Å²) in [5, 5.41) is 3.20. The summed E-state index contributed by atoms with van der Waals surface area (Å²) in [5.41, 5.74) is 0.467. The smallest absolute Gasteiger partial charge is 0.422 e. The van der Waals surface area contributed by atoms with Crippen LogP contribution in [0.2, 0.25) is 0 Å². The van der Waals surface area contributed by atoms with Crippen molar-refractivity contribution < 1.29 is 27.4 Å². The van der Waals surface area contributed by atoms with E-state index >= 15 is 0 Å². The van der Waals surface area contributed by atoms with E-state index in [0.717, 1.165) is 12.8 Å². The topological polar surface area (TPSA) is 79.3 Å². The Morgan fingerprint density at radius 3 is 2.71 bits per heavy atom. The molecule has 1 aromatic heterocycles. The largest absolute Gasteiger partial charge is 0.468 e. The SMILES string of the molecule is CCNC(=NCc1cccnc1OCC(F)(F)F)N1CCN(C(=O)C2CCCO2)CC1. The lowest BCUT2D eigenvalue weighted by molar-refractivity contribution is -0.154. The summed E-state index contributed by atoms with van der Waals surface area (Å²) in [6.07, 6.45) is -1.69. The van der Waals surface area contributed by atoms with Crippen molar-refractivity contribution in [3.63, 3.8) is 0 Å². The average Bonchev–Trinajstić information content (AvgIpc) is 3.30. The van der Waals surface area contributed by atoms with Gasteiger partial charge < -0.3 is 24.6 Å². The Labute approximate surface area is 179 Å². The third-order valence-corrected chi connectivity index (χ3v) is 5.05. The molecule has 172 valence electrons. The molecule has 2 aliphatic heterocycles. The second-order valence-corrected chi connectivity index (χ2v) is 7.36. The van der Waals surface area contributed by atoms with E-state index in [4.69, 9.17) is 9.47 Å². The maximum absolute atomic E-state index is 12.5. The van der Waals surface area contributed by atoms with Crippen molar-refractivity contribution in [2.45, 2.75) is 38.6 Å². The van der Waals surface area contributed by atoms with Gasteiger partial charge in [0.25, 0.3) is 5.91 Å². The minimum atomic E-state index is -4.44. The first-order chi connectivity index (χ1) is 14.9. The number of alkyl halides is 3. The van der Waals surface area contributed by atoms with E-state index in [-0.39, 0.29) is 24.4 Å². The number of halogens is 3. The summed E-state index contributed by atoms with van der Waals surface area (Å²) in [7, 11) is 0. The van der Waals surface area contributed by atoms with Crippen molar-refractivity contribution in [1.82, 2.24) is 20.1 Å². The van der Waals surface area contributed by atoms with E-state index < -0.39 is 12.8 Å². The van der Waals surface area contributed by atoms with E-state index in [1.807, 2.05) is 16.7 Å². The molecule has 31 heavy (non-hydrogen) atoms. The van der Waals surface area contributed by atoms with Crippen LogP contribution in [0.3, 0.4) is 0 Å². The number of hydrogen-bond acceptors (Lipinski definition) is 5. The standard InChI is InChI=1S/C20H28F3N5O3/c1-2-24-19(26-13-15-5-3-7-25-17(15)31-14-20(21,22)23)28-10-8-27(9-11-28)18(29)16-6-4-12-30-16/h3,5,7,16H,2,4,6,8-14H2,1H3,(H,24,26). The van der Waals surface area contributed by atoms with Gasteiger partial charge in [0.1, 0.15) is 6.10 Å². The molecule has 1 amide bonds. The van der Waals surface area contributed by atoms with Crippen LogP contribution < -0.4 is 10.1 Å². The molecule has 0 saturated carbocycles. The molecule has 1 atom stereocenters. The number of guanidine groups is 1. The maximum Gasteiger partial charge on any atom is 0.422 e. The second kappa shape index (κ2) is 10.7. The summed E-state index contributed by atoms with van der Waals surface area (Å²) >= 11 is 0. The fourth-order valence-electron chi connectivity index (χ4n) is 3.53. The Kier molecular flexibility index (Phi) is 7.94. The molecule has 0 radical (unpaired) electrons. The van der Waals surface area contributed by atoms with Crippen LogP contribution in [-0.2, 0) is 16.1 Å². The second-order valence-electron chi connectivity index (χ2n) is 7.36. The number of amides is 1. The molecule has 3 heterocycles. The number of nitrogens with one attached hydrogen (secondary N) is 1. The predicted molar refractivity (Wildman–Crippen MR) is 108 cm³/mol. The number of rotatable bonds is 6. The van der Waals surface area contributed by atoms with Gasteiger partial charge in [0.15, 0.2) is 12.6 Å². The van der Waals surface area contributed by atoms with E-state index in [0.29, 0.717) is 50.9 Å². The Morgan fingerprint density at radius 1 is 1.32 bits per heavy atom. The number of carbonyl (C=O) groups is 1. The first kappa shape index (κ1) is 23.1. The molecule has 1 aromatic rings. The maximum atomic E-state index is 12.5. The van der Waals surface area contributed by atoms with E-state index in [1.54, 1.807) is 12.1 Å². The van der Waals surface area contributed by atoms with Crippen molar-refractivity contribution >= 4 is 11.9 Å². The van der Waals surface area contributed by atoms with Crippen molar-refractivity contribution in [2.75, 3.05) is 45.9 Å². The first-order valence-corrected chi connectivity index (χ1v) is 10.4. The monoisotopic (exact) mass is 443 g/mol. The highest BCUT2D eigenvalue weighted by Crippen LogP contribution is 2.21. The predicted octanol–water partition coefficient (Wildman–Crippen LogP) is 1.81. The third kappa shape index (κ3) is 6.71. The number of piperazine rings is 1. The highest BCUT2D eigenvalue weighted by molar-refractivity contribution is 5.82. The Balaban J connectivity index is 1.60. The molecule has 3 rings (SSSR count). The van der Waals surface area contributed by atoms with Crippen molar-refractivity contribution in [2.24, 2.45) is 4.99 Å². The lowest BCUT2D eigenvalue weighted by atomic mass is 10.2. The van der Waals surface area contributed by atoms with Gasteiger partial charge in [-0.2, -0.15) is 13.2 Å². The molecule has 1 unspecified atom stereocenters. The van der Waals surface area contributed by atoms with Gasteiger partial charge in [-0.05, 0) is 25.8 Å². The molecular weight excluding hydrogens is 415 g/mol. The Morgan fingerprint density at radius 2 is 2.06 bits per heavy atom. The number of hydrogen-bond donors (Lipinski definition) is 1. The lowest BCUT2D eigenvalue weighted by Crippen LogP contribution is -2.55. The molecule has 2 fully saturated rings. The lowest BCUT2D eigenvalue weighted by Gasteiger charge is -2.37. The van der Waals surface area contributed by atoms with Gasteiger partial charge in [0.05, 0.1) is 6.54 Å². The molecule has 11 heteroatoms. The van der Waals surface area contributed by atoms with Crippen LogP contribution in [0, 0.1) is 0 Å².